The third-order valence-electron chi connectivity index (χ3n) is 5.55. The van der Waals surface area contributed by atoms with E-state index in [0.29, 0.717) is 22.1 Å². The molecule has 0 radical (unpaired) electrons. The summed E-state index contributed by atoms with van der Waals surface area (Å²) in [6.07, 6.45) is -1.05. The van der Waals surface area contributed by atoms with Crippen LogP contribution in [0.5, 0.6) is 5.75 Å². The lowest BCUT2D eigenvalue weighted by Gasteiger charge is -2.16. The Bertz CT molecular complexity index is 1310. The summed E-state index contributed by atoms with van der Waals surface area (Å²) in [7, 11) is 1.82. The lowest BCUT2D eigenvalue weighted by Crippen LogP contribution is -2.12. The number of hydrogen-bond acceptors (Lipinski definition) is 5. The molecule has 4 rings (SSSR count). The van der Waals surface area contributed by atoms with Crippen LogP contribution in [0.3, 0.4) is 0 Å². The number of aliphatic carboxylic acids is 1. The predicted molar refractivity (Wildman–Crippen MR) is 125 cm³/mol. The second-order valence-corrected chi connectivity index (χ2v) is 9.09. The van der Waals surface area contributed by atoms with Crippen LogP contribution in [-0.2, 0) is 24.6 Å². The van der Waals surface area contributed by atoms with Crippen LogP contribution in [0.4, 0.5) is 13.2 Å². The first kappa shape index (κ1) is 24.5. The predicted octanol–water partition coefficient (Wildman–Crippen LogP) is 6.06. The molecule has 1 N–H and O–H groups in total. The van der Waals surface area contributed by atoms with Crippen LogP contribution in [-0.4, -0.2) is 25.6 Å². The monoisotopic (exact) mass is 501 g/mol. The summed E-state index contributed by atoms with van der Waals surface area (Å²) in [6.45, 7) is 2.08. The number of hydrogen-bond donors (Lipinski definition) is 1. The first-order chi connectivity index (χ1) is 16.6. The molecule has 182 valence electrons. The fourth-order valence-corrected chi connectivity index (χ4v) is 4.66. The molecule has 0 spiro atoms. The normalized spacial score (nSPS) is 12.5. The van der Waals surface area contributed by atoms with Crippen molar-refractivity contribution in [3.8, 4) is 16.3 Å². The second kappa shape index (κ2) is 9.91. The molecular formula is C25H22F3N3O3S. The average molecular weight is 502 g/mol. The molecule has 6 nitrogen and oxygen atoms in total. The van der Waals surface area contributed by atoms with E-state index in [0.717, 1.165) is 28.3 Å². The van der Waals surface area contributed by atoms with E-state index in [4.69, 9.17) is 4.74 Å². The van der Waals surface area contributed by atoms with Crippen molar-refractivity contribution < 1.29 is 27.8 Å². The quantitative estimate of drug-likeness (QED) is 0.318. The number of carboxylic acids is 1. The number of nitrogens with zero attached hydrogens (tertiary/aromatic N) is 3. The maximum absolute atomic E-state index is 12.8. The van der Waals surface area contributed by atoms with Crippen molar-refractivity contribution in [3.05, 3.63) is 88.4 Å². The molecule has 0 aliphatic carbocycles. The third kappa shape index (κ3) is 5.71. The number of aryl methyl sites for hydroxylation is 2. The number of ether oxygens (including phenoxy) is 1. The van der Waals surface area contributed by atoms with Gasteiger partial charge in [0.2, 0.25) is 0 Å². The molecule has 2 aromatic heterocycles. The van der Waals surface area contributed by atoms with Gasteiger partial charge in [-0.3, -0.25) is 4.79 Å². The van der Waals surface area contributed by atoms with E-state index in [1.54, 1.807) is 29.1 Å². The number of carbonyl (C=O) groups is 1. The fraction of sp³-hybridized carbons (Fsp3) is 0.240. The molecule has 4 aromatic rings. The highest BCUT2D eigenvalue weighted by Gasteiger charge is 2.30. The molecular weight excluding hydrogens is 479 g/mol. The summed E-state index contributed by atoms with van der Waals surface area (Å²) in [5.74, 6) is -0.0388. The minimum atomic E-state index is -4.38. The van der Waals surface area contributed by atoms with Gasteiger partial charge in [-0.05, 0) is 36.8 Å². The van der Waals surface area contributed by atoms with Crippen molar-refractivity contribution >= 4 is 17.3 Å². The van der Waals surface area contributed by atoms with E-state index in [-0.39, 0.29) is 13.0 Å². The number of halogens is 3. The Morgan fingerprint density at radius 1 is 1.14 bits per heavy atom. The van der Waals surface area contributed by atoms with Gasteiger partial charge >= 0.3 is 12.1 Å². The van der Waals surface area contributed by atoms with E-state index < -0.39 is 23.6 Å². The fourth-order valence-electron chi connectivity index (χ4n) is 3.68. The van der Waals surface area contributed by atoms with Gasteiger partial charge in [-0.25, -0.2) is 9.97 Å². The lowest BCUT2D eigenvalue weighted by atomic mass is 9.94. The Kier molecular flexibility index (Phi) is 6.93. The van der Waals surface area contributed by atoms with Crippen molar-refractivity contribution in [1.82, 2.24) is 14.5 Å². The highest BCUT2D eigenvalue weighted by Crippen LogP contribution is 2.34. The minimum absolute atomic E-state index is 0.0855. The summed E-state index contributed by atoms with van der Waals surface area (Å²) in [6, 6.07) is 12.1. The van der Waals surface area contributed by atoms with Crippen LogP contribution >= 0.6 is 11.3 Å². The van der Waals surface area contributed by atoms with E-state index in [2.05, 4.69) is 9.97 Å². The van der Waals surface area contributed by atoms with Gasteiger partial charge in [0.1, 0.15) is 23.2 Å². The van der Waals surface area contributed by atoms with Crippen molar-refractivity contribution in [3.63, 3.8) is 0 Å². The average Bonchev–Trinajstić information content (AvgIpc) is 3.41. The largest absolute Gasteiger partial charge is 0.488 e. The Balaban J connectivity index is 1.45. The Hall–Kier alpha value is -3.66. The molecule has 0 saturated heterocycles. The smallest absolute Gasteiger partial charge is 0.416 e. The van der Waals surface area contributed by atoms with E-state index >= 15 is 0 Å². The molecule has 10 heteroatoms. The van der Waals surface area contributed by atoms with Crippen LogP contribution in [0.25, 0.3) is 10.6 Å². The molecule has 0 bridgehead atoms. The van der Waals surface area contributed by atoms with Crippen LogP contribution in [0, 0.1) is 6.92 Å². The highest BCUT2D eigenvalue weighted by molar-refractivity contribution is 7.15. The minimum Gasteiger partial charge on any atom is -0.488 e. The van der Waals surface area contributed by atoms with Crippen molar-refractivity contribution in [2.75, 3.05) is 0 Å². The van der Waals surface area contributed by atoms with Gasteiger partial charge in [0.25, 0.3) is 0 Å². The summed E-state index contributed by atoms with van der Waals surface area (Å²) < 4.78 is 46.1. The zero-order valence-electron chi connectivity index (χ0n) is 18.9. The summed E-state index contributed by atoms with van der Waals surface area (Å²) >= 11 is 1.37. The van der Waals surface area contributed by atoms with E-state index in [1.807, 2.05) is 26.1 Å². The van der Waals surface area contributed by atoms with E-state index in [1.165, 1.54) is 23.5 Å². The maximum Gasteiger partial charge on any atom is 0.416 e. The van der Waals surface area contributed by atoms with Crippen LogP contribution in [0.15, 0.2) is 60.9 Å². The van der Waals surface area contributed by atoms with Crippen molar-refractivity contribution in [2.24, 2.45) is 7.05 Å². The number of aromatic nitrogens is 3. The number of carboxylic acid groups (broad SMARTS) is 1. The molecule has 2 aromatic carbocycles. The standard InChI is InChI=1S/C25H22F3N3O3S/c1-15-21(35-24(30-15)17-3-7-18(8-4-17)25(26,27)28)14-34-19-9-5-16(6-10-19)20(13-22(32)33)23-29-11-12-31(23)2/h3-12,20H,13-14H2,1-2H3,(H,32,33)/t20-/m0/s1. The van der Waals surface area contributed by atoms with E-state index in [9.17, 15) is 23.1 Å². The zero-order valence-corrected chi connectivity index (χ0v) is 19.7. The number of thiazole rings is 1. The molecule has 0 aliphatic rings. The van der Waals surface area contributed by atoms with Gasteiger partial charge < -0.3 is 14.4 Å². The summed E-state index contributed by atoms with van der Waals surface area (Å²) in [5.41, 5.74) is 1.47. The van der Waals surface area contributed by atoms with Crippen molar-refractivity contribution in [2.45, 2.75) is 32.0 Å². The Morgan fingerprint density at radius 3 is 2.40 bits per heavy atom. The summed E-state index contributed by atoms with van der Waals surface area (Å²) in [4.78, 5) is 21.0. The van der Waals surface area contributed by atoms with Gasteiger partial charge in [-0.2, -0.15) is 13.2 Å². The number of alkyl halides is 3. The maximum atomic E-state index is 12.8. The second-order valence-electron chi connectivity index (χ2n) is 8.01. The van der Waals surface area contributed by atoms with Crippen LogP contribution < -0.4 is 4.74 Å². The zero-order chi connectivity index (χ0) is 25.2. The SMILES string of the molecule is Cc1nc(-c2ccc(C(F)(F)F)cc2)sc1COc1ccc([C@H](CC(=O)O)c2nccn2C)cc1. The van der Waals surface area contributed by atoms with Gasteiger partial charge in [0.15, 0.2) is 0 Å². The Labute approximate surface area is 203 Å². The first-order valence-electron chi connectivity index (χ1n) is 10.7. The molecule has 0 unspecified atom stereocenters. The molecule has 35 heavy (non-hydrogen) atoms. The number of imidazole rings is 1. The molecule has 2 heterocycles. The number of rotatable bonds is 8. The molecule has 0 fully saturated rings. The summed E-state index contributed by atoms with van der Waals surface area (Å²) in [5, 5.41) is 9.96. The third-order valence-corrected chi connectivity index (χ3v) is 6.73. The van der Waals surface area contributed by atoms with Gasteiger partial charge in [-0.15, -0.1) is 11.3 Å². The first-order valence-corrected chi connectivity index (χ1v) is 11.5. The van der Waals surface area contributed by atoms with Crippen LogP contribution in [0.2, 0.25) is 0 Å². The van der Waals surface area contributed by atoms with Crippen LogP contribution in [0.1, 0.15) is 39.9 Å². The van der Waals surface area contributed by atoms with Crippen molar-refractivity contribution in [1.29, 1.82) is 0 Å². The van der Waals surface area contributed by atoms with Gasteiger partial charge in [0, 0.05) is 25.0 Å². The van der Waals surface area contributed by atoms with Gasteiger partial charge in [-0.1, -0.05) is 24.3 Å². The molecule has 1 atom stereocenters. The molecule has 0 saturated carbocycles. The highest BCUT2D eigenvalue weighted by atomic mass is 32.1. The number of benzene rings is 2. The topological polar surface area (TPSA) is 77.2 Å². The van der Waals surface area contributed by atoms with Gasteiger partial charge in [0.05, 0.1) is 28.5 Å². The Morgan fingerprint density at radius 2 is 1.83 bits per heavy atom. The molecule has 0 aliphatic heterocycles. The molecule has 0 amide bonds. The lowest BCUT2D eigenvalue weighted by molar-refractivity contribution is -0.138.